The van der Waals surface area contributed by atoms with Gasteiger partial charge in [-0.05, 0) is 23.8 Å². The highest BCUT2D eigenvalue weighted by Gasteiger charge is 2.08. The molecule has 0 radical (unpaired) electrons. The maximum Gasteiger partial charge on any atom is 0.236 e. The molecule has 132 valence electrons. The van der Waals surface area contributed by atoms with Crippen molar-refractivity contribution in [3.63, 3.8) is 0 Å². The van der Waals surface area contributed by atoms with Gasteiger partial charge in [0.15, 0.2) is 5.96 Å². The van der Waals surface area contributed by atoms with Crippen LogP contribution < -0.4 is 10.6 Å². The summed E-state index contributed by atoms with van der Waals surface area (Å²) in [5, 5.41) is 8.44. The molecule has 2 aromatic heterocycles. The lowest BCUT2D eigenvalue weighted by Gasteiger charge is -2.11. The number of thiophene rings is 1. The topological polar surface area (TPSA) is 71.7 Å². The summed E-state index contributed by atoms with van der Waals surface area (Å²) in [7, 11) is 1.74. The van der Waals surface area contributed by atoms with Crippen molar-refractivity contribution in [1.82, 2.24) is 15.6 Å². The molecule has 7 heteroatoms. The van der Waals surface area contributed by atoms with Crippen molar-refractivity contribution in [3.05, 3.63) is 29.5 Å². The van der Waals surface area contributed by atoms with Gasteiger partial charge in [-0.1, -0.05) is 19.9 Å². The molecule has 0 spiro atoms. The second kappa shape index (κ2) is 10.1. The van der Waals surface area contributed by atoms with E-state index in [1.807, 2.05) is 17.5 Å². The van der Waals surface area contributed by atoms with Crippen LogP contribution in [0.2, 0.25) is 0 Å². The Balaban J connectivity index is 1.66. The first-order valence-electron chi connectivity index (χ1n) is 8.19. The summed E-state index contributed by atoms with van der Waals surface area (Å²) >= 11 is 1.61. The Labute approximate surface area is 147 Å². The van der Waals surface area contributed by atoms with E-state index < -0.39 is 0 Å². The van der Waals surface area contributed by atoms with Crippen molar-refractivity contribution in [2.24, 2.45) is 10.9 Å². The minimum absolute atomic E-state index is 0.558. The third-order valence-corrected chi connectivity index (χ3v) is 4.18. The summed E-state index contributed by atoms with van der Waals surface area (Å²) < 4.78 is 11.1. The molecular weight excluding hydrogens is 324 g/mol. The number of nitrogens with zero attached hydrogens (tertiary/aromatic N) is 2. The third-order valence-electron chi connectivity index (χ3n) is 3.32. The van der Waals surface area contributed by atoms with Crippen LogP contribution in [0.4, 0.5) is 0 Å². The molecule has 6 nitrogen and oxygen atoms in total. The van der Waals surface area contributed by atoms with Crippen molar-refractivity contribution in [2.45, 2.75) is 26.8 Å². The van der Waals surface area contributed by atoms with Crippen LogP contribution in [0, 0.1) is 5.92 Å². The maximum atomic E-state index is 5.58. The molecule has 24 heavy (non-hydrogen) atoms. The first-order valence-corrected chi connectivity index (χ1v) is 9.07. The van der Waals surface area contributed by atoms with Crippen LogP contribution in [-0.4, -0.2) is 37.7 Å². The van der Waals surface area contributed by atoms with E-state index in [0.717, 1.165) is 36.1 Å². The minimum Gasteiger partial charge on any atom is -0.443 e. The SMILES string of the molecule is CN=C(NCCOCCC(C)C)NCc1coc(-c2cccs2)n1. The highest BCUT2D eigenvalue weighted by molar-refractivity contribution is 7.13. The number of aromatic nitrogens is 1. The lowest BCUT2D eigenvalue weighted by Crippen LogP contribution is -2.38. The second-order valence-electron chi connectivity index (χ2n) is 5.77. The second-order valence-corrected chi connectivity index (χ2v) is 6.72. The van der Waals surface area contributed by atoms with Gasteiger partial charge in [0.25, 0.3) is 0 Å². The van der Waals surface area contributed by atoms with E-state index in [0.29, 0.717) is 25.0 Å². The maximum absolute atomic E-state index is 5.58. The highest BCUT2D eigenvalue weighted by atomic mass is 32.1. The van der Waals surface area contributed by atoms with E-state index in [9.17, 15) is 0 Å². The van der Waals surface area contributed by atoms with Crippen LogP contribution in [0.1, 0.15) is 26.0 Å². The molecule has 0 atom stereocenters. The predicted molar refractivity (Wildman–Crippen MR) is 98.3 cm³/mol. The molecule has 0 aromatic carbocycles. The van der Waals surface area contributed by atoms with E-state index in [4.69, 9.17) is 9.15 Å². The van der Waals surface area contributed by atoms with Crippen LogP contribution in [0.5, 0.6) is 0 Å². The molecular formula is C17H26N4O2S. The van der Waals surface area contributed by atoms with Crippen molar-refractivity contribution < 1.29 is 9.15 Å². The highest BCUT2D eigenvalue weighted by Crippen LogP contribution is 2.23. The number of guanidine groups is 1. The van der Waals surface area contributed by atoms with Gasteiger partial charge in [0.05, 0.1) is 23.7 Å². The summed E-state index contributed by atoms with van der Waals surface area (Å²) in [6.45, 7) is 7.14. The molecule has 0 aliphatic carbocycles. The lowest BCUT2D eigenvalue weighted by molar-refractivity contribution is 0.128. The Morgan fingerprint density at radius 3 is 2.96 bits per heavy atom. The van der Waals surface area contributed by atoms with E-state index in [-0.39, 0.29) is 0 Å². The van der Waals surface area contributed by atoms with Crippen LogP contribution in [-0.2, 0) is 11.3 Å². The van der Waals surface area contributed by atoms with Gasteiger partial charge in [-0.15, -0.1) is 11.3 Å². The first-order chi connectivity index (χ1) is 11.7. The summed E-state index contributed by atoms with van der Waals surface area (Å²) in [6.07, 6.45) is 2.76. The Morgan fingerprint density at radius 1 is 1.38 bits per heavy atom. The molecule has 2 N–H and O–H groups in total. The smallest absolute Gasteiger partial charge is 0.236 e. The Kier molecular flexibility index (Phi) is 7.77. The zero-order chi connectivity index (χ0) is 17.2. The fraction of sp³-hybridized carbons (Fsp3) is 0.529. The largest absolute Gasteiger partial charge is 0.443 e. The molecule has 2 heterocycles. The Bertz CT molecular complexity index is 608. The molecule has 2 rings (SSSR count). The number of oxazole rings is 1. The number of nitrogens with one attached hydrogen (secondary N) is 2. The molecule has 2 aromatic rings. The van der Waals surface area contributed by atoms with Gasteiger partial charge in [0.2, 0.25) is 5.89 Å². The average Bonchev–Trinajstić information content (AvgIpc) is 3.24. The number of aliphatic imine (C=N–C) groups is 1. The first kappa shape index (κ1) is 18.5. The van der Waals surface area contributed by atoms with Crippen molar-refractivity contribution in [1.29, 1.82) is 0 Å². The van der Waals surface area contributed by atoms with Gasteiger partial charge in [0, 0.05) is 20.2 Å². The van der Waals surface area contributed by atoms with Gasteiger partial charge in [0.1, 0.15) is 6.26 Å². The van der Waals surface area contributed by atoms with E-state index in [1.54, 1.807) is 24.6 Å². The van der Waals surface area contributed by atoms with Gasteiger partial charge < -0.3 is 19.8 Å². The van der Waals surface area contributed by atoms with Crippen LogP contribution >= 0.6 is 11.3 Å². The quantitative estimate of drug-likeness (QED) is 0.413. The molecule has 0 fully saturated rings. The van der Waals surface area contributed by atoms with Gasteiger partial charge in [-0.25, -0.2) is 4.98 Å². The molecule has 0 unspecified atom stereocenters. The van der Waals surface area contributed by atoms with E-state index in [1.165, 1.54) is 0 Å². The minimum atomic E-state index is 0.558. The van der Waals surface area contributed by atoms with E-state index >= 15 is 0 Å². The number of rotatable bonds is 9. The fourth-order valence-electron chi connectivity index (χ4n) is 1.96. The summed E-state index contributed by atoms with van der Waals surface area (Å²) in [5.41, 5.74) is 0.842. The van der Waals surface area contributed by atoms with Crippen LogP contribution in [0.25, 0.3) is 10.8 Å². The normalized spacial score (nSPS) is 11.9. The third kappa shape index (κ3) is 6.33. The van der Waals surface area contributed by atoms with Gasteiger partial charge >= 0.3 is 0 Å². The zero-order valence-corrected chi connectivity index (χ0v) is 15.4. The standard InChI is InChI=1S/C17H26N4O2S/c1-13(2)6-8-22-9-7-19-17(18-3)20-11-14-12-23-16(21-14)15-5-4-10-24-15/h4-5,10,12-13H,6-9,11H2,1-3H3,(H2,18,19,20). The monoisotopic (exact) mass is 350 g/mol. The molecule has 0 amide bonds. The number of hydrogen-bond donors (Lipinski definition) is 2. The fourth-order valence-corrected chi connectivity index (χ4v) is 2.61. The van der Waals surface area contributed by atoms with Crippen LogP contribution in [0.15, 0.2) is 33.2 Å². The van der Waals surface area contributed by atoms with Gasteiger partial charge in [-0.3, -0.25) is 4.99 Å². The molecule has 0 saturated carbocycles. The average molecular weight is 350 g/mol. The van der Waals surface area contributed by atoms with E-state index in [2.05, 4.69) is 34.5 Å². The van der Waals surface area contributed by atoms with Crippen molar-refractivity contribution in [3.8, 4) is 10.8 Å². The molecule has 0 bridgehead atoms. The predicted octanol–water partition coefficient (Wildman–Crippen LogP) is 3.13. The van der Waals surface area contributed by atoms with Crippen LogP contribution in [0.3, 0.4) is 0 Å². The zero-order valence-electron chi connectivity index (χ0n) is 14.5. The van der Waals surface area contributed by atoms with Crippen molar-refractivity contribution >= 4 is 17.3 Å². The summed E-state index contributed by atoms with van der Waals surface area (Å²) in [6, 6.07) is 3.98. The Morgan fingerprint density at radius 2 is 2.25 bits per heavy atom. The molecule has 0 aliphatic rings. The summed E-state index contributed by atoms with van der Waals surface area (Å²) in [4.78, 5) is 9.69. The number of ether oxygens (including phenoxy) is 1. The Hall–Kier alpha value is -1.86. The molecule has 0 aliphatic heterocycles. The molecule has 0 saturated heterocycles. The van der Waals surface area contributed by atoms with Gasteiger partial charge in [-0.2, -0.15) is 0 Å². The lowest BCUT2D eigenvalue weighted by atomic mass is 10.1. The van der Waals surface area contributed by atoms with Crippen molar-refractivity contribution in [2.75, 3.05) is 26.8 Å². The number of hydrogen-bond acceptors (Lipinski definition) is 5. The summed E-state index contributed by atoms with van der Waals surface area (Å²) in [5.74, 6) is 2.06.